The van der Waals surface area contributed by atoms with Crippen molar-refractivity contribution in [3.63, 3.8) is 0 Å². The Bertz CT molecular complexity index is 854. The summed E-state index contributed by atoms with van der Waals surface area (Å²) in [7, 11) is 2.04. The Balaban J connectivity index is 1.68. The molecule has 5 heteroatoms. The second kappa shape index (κ2) is 4.87. The number of amides is 2. The van der Waals surface area contributed by atoms with Crippen LogP contribution in [-0.4, -0.2) is 22.1 Å². The van der Waals surface area contributed by atoms with E-state index >= 15 is 0 Å². The van der Waals surface area contributed by atoms with Gasteiger partial charge in [0.25, 0.3) is 0 Å². The number of carbonyl (C=O) groups excluding carboxylic acids is 1. The van der Waals surface area contributed by atoms with Crippen molar-refractivity contribution in [2.75, 3.05) is 16.8 Å². The normalized spacial score (nSPS) is 13.4. The van der Waals surface area contributed by atoms with Crippen LogP contribution in [0.4, 0.5) is 16.2 Å². The van der Waals surface area contributed by atoms with Gasteiger partial charge in [-0.1, -0.05) is 6.07 Å². The van der Waals surface area contributed by atoms with Gasteiger partial charge >= 0.3 is 6.03 Å². The molecule has 3 heterocycles. The van der Waals surface area contributed by atoms with Crippen LogP contribution in [0.1, 0.15) is 5.56 Å². The summed E-state index contributed by atoms with van der Waals surface area (Å²) in [5.41, 5.74) is 4.16. The smallest absolute Gasteiger partial charge is 0.326 e. The number of hydrogen-bond donors (Lipinski definition) is 1. The molecule has 0 spiro atoms. The van der Waals surface area contributed by atoms with Gasteiger partial charge < -0.3 is 9.88 Å². The number of anilines is 2. The summed E-state index contributed by atoms with van der Waals surface area (Å²) in [6, 6.07) is 9.74. The molecule has 0 unspecified atom stereocenters. The zero-order valence-corrected chi connectivity index (χ0v) is 12.3. The summed E-state index contributed by atoms with van der Waals surface area (Å²) in [4.78, 5) is 18.3. The van der Waals surface area contributed by atoms with Crippen molar-refractivity contribution in [2.45, 2.75) is 6.42 Å². The molecule has 3 aromatic rings. The molecule has 1 aliphatic heterocycles. The summed E-state index contributed by atoms with van der Waals surface area (Å²) in [5, 5.41) is 4.12. The first kappa shape index (κ1) is 12.9. The van der Waals surface area contributed by atoms with E-state index in [1.807, 2.05) is 19.2 Å². The van der Waals surface area contributed by atoms with Gasteiger partial charge in [0, 0.05) is 31.5 Å². The standard InChI is InChI=1S/C17H16N4O/c1-20-9-6-12-4-5-15-14(16(12)20)7-10-21(15)17(22)19-13-3-2-8-18-11-13/h2-6,8-9,11H,7,10H2,1H3,(H,19,22). The average Bonchev–Trinajstić information content (AvgIpc) is 3.12. The predicted octanol–water partition coefficient (Wildman–Crippen LogP) is 3.17. The summed E-state index contributed by atoms with van der Waals surface area (Å²) < 4.78 is 2.12. The quantitative estimate of drug-likeness (QED) is 0.749. The van der Waals surface area contributed by atoms with Crippen molar-refractivity contribution in [3.8, 4) is 0 Å². The third kappa shape index (κ3) is 1.94. The number of carbonyl (C=O) groups is 1. The summed E-state index contributed by atoms with van der Waals surface area (Å²) in [6.45, 7) is 0.700. The lowest BCUT2D eigenvalue weighted by molar-refractivity contribution is 0.257. The SMILES string of the molecule is Cn1ccc2ccc3c(c21)CCN3C(=O)Nc1cccnc1. The van der Waals surface area contributed by atoms with Crippen LogP contribution in [0.5, 0.6) is 0 Å². The number of aryl methyl sites for hydroxylation is 1. The molecular weight excluding hydrogens is 276 g/mol. The number of nitrogens with zero attached hydrogens (tertiary/aromatic N) is 3. The van der Waals surface area contributed by atoms with Gasteiger partial charge in [0.2, 0.25) is 0 Å². The molecule has 0 saturated heterocycles. The van der Waals surface area contributed by atoms with E-state index in [1.165, 1.54) is 16.5 Å². The van der Waals surface area contributed by atoms with E-state index in [-0.39, 0.29) is 6.03 Å². The first-order valence-electron chi connectivity index (χ1n) is 7.29. The second-order valence-electron chi connectivity index (χ2n) is 5.50. The highest BCUT2D eigenvalue weighted by molar-refractivity contribution is 6.05. The Kier molecular flexibility index (Phi) is 2.85. The van der Waals surface area contributed by atoms with E-state index in [2.05, 4.69) is 33.2 Å². The zero-order valence-electron chi connectivity index (χ0n) is 12.3. The molecule has 0 bridgehead atoms. The Morgan fingerprint density at radius 3 is 3.00 bits per heavy atom. The molecule has 1 aromatic carbocycles. The maximum absolute atomic E-state index is 12.5. The van der Waals surface area contributed by atoms with Gasteiger partial charge in [0.15, 0.2) is 0 Å². The van der Waals surface area contributed by atoms with Gasteiger partial charge in [0.1, 0.15) is 0 Å². The van der Waals surface area contributed by atoms with Gasteiger partial charge in [0.05, 0.1) is 23.1 Å². The number of fused-ring (bicyclic) bond motifs is 3. The van der Waals surface area contributed by atoms with Crippen molar-refractivity contribution in [2.24, 2.45) is 7.05 Å². The molecule has 0 saturated carbocycles. The minimum atomic E-state index is -0.111. The fraction of sp³-hybridized carbons (Fsp3) is 0.176. The molecule has 4 rings (SSSR count). The number of rotatable bonds is 1. The highest BCUT2D eigenvalue weighted by atomic mass is 16.2. The van der Waals surface area contributed by atoms with E-state index in [1.54, 1.807) is 23.4 Å². The number of hydrogen-bond acceptors (Lipinski definition) is 2. The van der Waals surface area contributed by atoms with Gasteiger partial charge in [-0.05, 0) is 36.1 Å². The molecule has 0 aliphatic carbocycles. The predicted molar refractivity (Wildman–Crippen MR) is 87.2 cm³/mol. The van der Waals surface area contributed by atoms with Crippen LogP contribution in [0.25, 0.3) is 10.9 Å². The molecule has 22 heavy (non-hydrogen) atoms. The maximum atomic E-state index is 12.5. The Labute approximate surface area is 128 Å². The van der Waals surface area contributed by atoms with Crippen molar-refractivity contribution in [1.82, 2.24) is 9.55 Å². The lowest BCUT2D eigenvalue weighted by Gasteiger charge is -2.18. The highest BCUT2D eigenvalue weighted by Gasteiger charge is 2.27. The topological polar surface area (TPSA) is 50.2 Å². The molecule has 1 N–H and O–H groups in total. The molecule has 0 radical (unpaired) electrons. The highest BCUT2D eigenvalue weighted by Crippen LogP contribution is 2.34. The number of aromatic nitrogens is 2. The third-order valence-corrected chi connectivity index (χ3v) is 4.15. The van der Waals surface area contributed by atoms with Crippen molar-refractivity contribution >= 4 is 28.3 Å². The van der Waals surface area contributed by atoms with E-state index in [4.69, 9.17) is 0 Å². The minimum absolute atomic E-state index is 0.111. The summed E-state index contributed by atoms with van der Waals surface area (Å²) >= 11 is 0. The Morgan fingerprint density at radius 2 is 2.18 bits per heavy atom. The van der Waals surface area contributed by atoms with Gasteiger partial charge in [-0.3, -0.25) is 9.88 Å². The zero-order chi connectivity index (χ0) is 15.1. The lowest BCUT2D eigenvalue weighted by atomic mass is 10.1. The number of urea groups is 1. The van der Waals surface area contributed by atoms with E-state index in [0.717, 1.165) is 12.1 Å². The number of pyridine rings is 1. The lowest BCUT2D eigenvalue weighted by Crippen LogP contribution is -2.33. The average molecular weight is 292 g/mol. The van der Waals surface area contributed by atoms with E-state index in [0.29, 0.717) is 12.2 Å². The first-order chi connectivity index (χ1) is 10.7. The number of benzene rings is 1. The Hall–Kier alpha value is -2.82. The molecule has 0 atom stereocenters. The van der Waals surface area contributed by atoms with Crippen molar-refractivity contribution < 1.29 is 4.79 Å². The summed E-state index contributed by atoms with van der Waals surface area (Å²) in [5.74, 6) is 0. The van der Waals surface area contributed by atoms with Gasteiger partial charge in [-0.25, -0.2) is 4.79 Å². The van der Waals surface area contributed by atoms with Crippen LogP contribution >= 0.6 is 0 Å². The summed E-state index contributed by atoms with van der Waals surface area (Å²) in [6.07, 6.45) is 6.27. The largest absolute Gasteiger partial charge is 0.350 e. The van der Waals surface area contributed by atoms with Crippen LogP contribution < -0.4 is 10.2 Å². The minimum Gasteiger partial charge on any atom is -0.350 e. The molecule has 2 amide bonds. The molecule has 1 aliphatic rings. The molecule has 0 fully saturated rings. The van der Waals surface area contributed by atoms with Crippen LogP contribution in [0.15, 0.2) is 48.9 Å². The van der Waals surface area contributed by atoms with Gasteiger partial charge in [-0.2, -0.15) is 0 Å². The van der Waals surface area contributed by atoms with Crippen LogP contribution in [0, 0.1) is 0 Å². The molecule has 110 valence electrons. The maximum Gasteiger partial charge on any atom is 0.326 e. The molecule has 2 aromatic heterocycles. The van der Waals surface area contributed by atoms with E-state index < -0.39 is 0 Å². The van der Waals surface area contributed by atoms with E-state index in [9.17, 15) is 4.79 Å². The fourth-order valence-electron chi connectivity index (χ4n) is 3.14. The molecule has 5 nitrogen and oxygen atoms in total. The van der Waals surface area contributed by atoms with Crippen molar-refractivity contribution in [3.05, 3.63) is 54.5 Å². The van der Waals surface area contributed by atoms with Gasteiger partial charge in [-0.15, -0.1) is 0 Å². The monoisotopic (exact) mass is 292 g/mol. The van der Waals surface area contributed by atoms with Crippen molar-refractivity contribution in [1.29, 1.82) is 0 Å². The first-order valence-corrected chi connectivity index (χ1v) is 7.29. The second-order valence-corrected chi connectivity index (χ2v) is 5.50. The van der Waals surface area contributed by atoms with Crippen LogP contribution in [0.2, 0.25) is 0 Å². The van der Waals surface area contributed by atoms with Crippen LogP contribution in [-0.2, 0) is 13.5 Å². The molecular formula is C17H16N4O. The number of nitrogens with one attached hydrogen (secondary N) is 1. The Morgan fingerprint density at radius 1 is 1.27 bits per heavy atom. The fourth-order valence-corrected chi connectivity index (χ4v) is 3.14. The third-order valence-electron chi connectivity index (χ3n) is 4.15. The van der Waals surface area contributed by atoms with Crippen LogP contribution in [0.3, 0.4) is 0 Å².